The Morgan fingerprint density at radius 1 is 1.28 bits per heavy atom. The van der Waals surface area contributed by atoms with Crippen LogP contribution >= 0.6 is 0 Å². The fourth-order valence-electron chi connectivity index (χ4n) is 1.50. The second-order valence-corrected chi connectivity index (χ2v) is 3.88. The minimum absolute atomic E-state index is 0.00580. The minimum atomic E-state index is -0.390. The lowest BCUT2D eigenvalue weighted by Crippen LogP contribution is -2.26. The zero-order chi connectivity index (χ0) is 13.5. The zero-order valence-corrected chi connectivity index (χ0v) is 10.7. The van der Waals surface area contributed by atoms with Gasteiger partial charge in [0.05, 0.1) is 12.7 Å². The first-order chi connectivity index (χ1) is 8.60. The number of ether oxygens (including phenoxy) is 1. The maximum Gasteiger partial charge on any atom is 0.337 e. The first kappa shape index (κ1) is 14.2. The van der Waals surface area contributed by atoms with Gasteiger partial charge in [0, 0.05) is 19.2 Å². The fraction of sp³-hybridized carbons (Fsp3) is 0.385. The van der Waals surface area contributed by atoms with Gasteiger partial charge < -0.3 is 15.4 Å². The van der Waals surface area contributed by atoms with E-state index in [0.29, 0.717) is 24.9 Å². The number of anilines is 1. The molecule has 5 nitrogen and oxygen atoms in total. The molecule has 0 aliphatic heterocycles. The van der Waals surface area contributed by atoms with Crippen LogP contribution < -0.4 is 10.6 Å². The van der Waals surface area contributed by atoms with E-state index in [1.165, 1.54) is 7.11 Å². The quantitative estimate of drug-likeness (QED) is 0.796. The summed E-state index contributed by atoms with van der Waals surface area (Å²) in [7, 11) is 3.03. The van der Waals surface area contributed by atoms with Crippen molar-refractivity contribution in [3.63, 3.8) is 0 Å². The van der Waals surface area contributed by atoms with Crippen LogP contribution in [0, 0.1) is 0 Å². The highest BCUT2D eigenvalue weighted by molar-refractivity contribution is 5.94. The van der Waals surface area contributed by atoms with Crippen molar-refractivity contribution in [3.05, 3.63) is 29.8 Å². The van der Waals surface area contributed by atoms with Crippen LogP contribution in [0.15, 0.2) is 24.3 Å². The molecule has 2 N–H and O–H groups in total. The summed E-state index contributed by atoms with van der Waals surface area (Å²) in [6.07, 6.45) is 1.09. The molecule has 0 aromatic heterocycles. The van der Waals surface area contributed by atoms with Gasteiger partial charge in [-0.15, -0.1) is 0 Å². The highest BCUT2D eigenvalue weighted by Crippen LogP contribution is 2.15. The van der Waals surface area contributed by atoms with Crippen LogP contribution in [-0.4, -0.2) is 32.6 Å². The Morgan fingerprint density at radius 2 is 1.89 bits per heavy atom. The molecule has 0 saturated carbocycles. The van der Waals surface area contributed by atoms with Gasteiger partial charge in [-0.3, -0.25) is 4.79 Å². The van der Waals surface area contributed by atoms with E-state index < -0.39 is 5.97 Å². The van der Waals surface area contributed by atoms with Crippen LogP contribution in [0.2, 0.25) is 0 Å². The molecule has 0 radical (unpaired) electrons. The van der Waals surface area contributed by atoms with Crippen LogP contribution in [0.4, 0.5) is 5.69 Å². The van der Waals surface area contributed by atoms with Crippen molar-refractivity contribution in [2.45, 2.75) is 12.8 Å². The third kappa shape index (κ3) is 3.56. The summed E-state index contributed by atoms with van der Waals surface area (Å²) >= 11 is 0. The Balaban J connectivity index is 2.72. The molecule has 1 aromatic carbocycles. The molecule has 1 amide bonds. The van der Waals surface area contributed by atoms with Gasteiger partial charge in [0.25, 0.3) is 0 Å². The number of methoxy groups -OCH3 is 1. The van der Waals surface area contributed by atoms with Crippen molar-refractivity contribution in [1.82, 2.24) is 0 Å². The van der Waals surface area contributed by atoms with Crippen molar-refractivity contribution in [2.75, 3.05) is 25.6 Å². The molecule has 0 heterocycles. The smallest absolute Gasteiger partial charge is 0.337 e. The number of nitrogens with zero attached hydrogens (tertiary/aromatic N) is 1. The van der Waals surface area contributed by atoms with Crippen LogP contribution in [0.5, 0.6) is 0 Å². The van der Waals surface area contributed by atoms with E-state index in [0.717, 1.165) is 5.69 Å². The first-order valence-electron chi connectivity index (χ1n) is 5.75. The molecule has 0 saturated heterocycles. The lowest BCUT2D eigenvalue weighted by atomic mass is 10.2. The summed E-state index contributed by atoms with van der Waals surface area (Å²) in [6, 6.07) is 6.70. The largest absolute Gasteiger partial charge is 0.465 e. The minimum Gasteiger partial charge on any atom is -0.465 e. The number of esters is 1. The molecule has 0 spiro atoms. The number of hydrogen-bond donors (Lipinski definition) is 1. The van der Waals surface area contributed by atoms with Crippen LogP contribution in [0.1, 0.15) is 23.2 Å². The van der Waals surface area contributed by atoms with Gasteiger partial charge >= 0.3 is 5.97 Å². The molecule has 0 atom stereocenters. The summed E-state index contributed by atoms with van der Waals surface area (Å²) in [6.45, 7) is 0.501. The highest BCUT2D eigenvalue weighted by atomic mass is 16.5. The van der Waals surface area contributed by atoms with Gasteiger partial charge in [0.2, 0.25) is 5.91 Å². The molecule has 5 heteroatoms. The summed E-state index contributed by atoms with van der Waals surface area (Å²) < 4.78 is 4.60. The molecular formula is C13H18N2O3. The molecule has 0 aliphatic carbocycles. The fourth-order valence-corrected chi connectivity index (χ4v) is 1.50. The van der Waals surface area contributed by atoms with E-state index in [1.807, 2.05) is 0 Å². The molecule has 18 heavy (non-hydrogen) atoms. The summed E-state index contributed by atoms with van der Waals surface area (Å²) in [4.78, 5) is 24.6. The Kier molecular flexibility index (Phi) is 5.32. The first-order valence-corrected chi connectivity index (χ1v) is 5.75. The lowest BCUT2D eigenvalue weighted by molar-refractivity contribution is -0.118. The zero-order valence-electron chi connectivity index (χ0n) is 10.7. The Bertz CT molecular complexity index is 415. The average molecular weight is 250 g/mol. The molecule has 98 valence electrons. The summed E-state index contributed by atoms with van der Waals surface area (Å²) in [5.74, 6) is -0.384. The lowest BCUT2D eigenvalue weighted by Gasteiger charge is -2.17. The topological polar surface area (TPSA) is 72.6 Å². The van der Waals surface area contributed by atoms with E-state index in [2.05, 4.69) is 4.74 Å². The average Bonchev–Trinajstić information content (AvgIpc) is 2.43. The van der Waals surface area contributed by atoms with Gasteiger partial charge in [-0.1, -0.05) is 0 Å². The van der Waals surface area contributed by atoms with Crippen LogP contribution in [-0.2, 0) is 9.53 Å². The van der Waals surface area contributed by atoms with Gasteiger partial charge in [-0.2, -0.15) is 0 Å². The number of benzene rings is 1. The van der Waals surface area contributed by atoms with Crippen LogP contribution in [0.3, 0.4) is 0 Å². The third-order valence-corrected chi connectivity index (χ3v) is 2.64. The summed E-state index contributed by atoms with van der Waals surface area (Å²) in [5, 5.41) is 0. The number of nitrogens with two attached hydrogens (primary N) is 1. The number of hydrogen-bond acceptors (Lipinski definition) is 4. The second kappa shape index (κ2) is 6.76. The highest BCUT2D eigenvalue weighted by Gasteiger charge is 2.11. The van der Waals surface area contributed by atoms with E-state index in [1.54, 1.807) is 36.2 Å². The van der Waals surface area contributed by atoms with Crippen molar-refractivity contribution in [1.29, 1.82) is 0 Å². The van der Waals surface area contributed by atoms with Crippen molar-refractivity contribution in [2.24, 2.45) is 5.73 Å². The predicted octanol–water partition coefficient (Wildman–Crippen LogP) is 1.17. The molecule has 0 unspecified atom stereocenters. The molecule has 0 bridgehead atoms. The van der Waals surface area contributed by atoms with Crippen molar-refractivity contribution >= 4 is 17.6 Å². The van der Waals surface area contributed by atoms with Gasteiger partial charge in [-0.05, 0) is 37.2 Å². The van der Waals surface area contributed by atoms with E-state index in [-0.39, 0.29) is 5.91 Å². The number of carbonyl (C=O) groups is 2. The van der Waals surface area contributed by atoms with Gasteiger partial charge in [-0.25, -0.2) is 4.79 Å². The van der Waals surface area contributed by atoms with Crippen molar-refractivity contribution < 1.29 is 14.3 Å². The second-order valence-electron chi connectivity index (χ2n) is 3.88. The molecule has 1 aromatic rings. The van der Waals surface area contributed by atoms with E-state index >= 15 is 0 Å². The predicted molar refractivity (Wildman–Crippen MR) is 69.5 cm³/mol. The van der Waals surface area contributed by atoms with E-state index in [9.17, 15) is 9.59 Å². The third-order valence-electron chi connectivity index (χ3n) is 2.64. The SMILES string of the molecule is COC(=O)c1ccc(N(C)C(=O)CCCN)cc1. The maximum absolute atomic E-state index is 11.8. The van der Waals surface area contributed by atoms with E-state index in [4.69, 9.17) is 5.73 Å². The summed E-state index contributed by atoms with van der Waals surface area (Å²) in [5.41, 5.74) is 6.56. The van der Waals surface area contributed by atoms with Crippen LogP contribution in [0.25, 0.3) is 0 Å². The van der Waals surface area contributed by atoms with Gasteiger partial charge in [0.15, 0.2) is 0 Å². The standard InChI is InChI=1S/C13H18N2O3/c1-15(12(16)4-3-9-14)11-7-5-10(6-8-11)13(17)18-2/h5-8H,3-4,9,14H2,1-2H3. The Labute approximate surface area is 107 Å². The molecular weight excluding hydrogens is 232 g/mol. The number of amides is 1. The van der Waals surface area contributed by atoms with Crippen molar-refractivity contribution in [3.8, 4) is 0 Å². The molecule has 1 rings (SSSR count). The Morgan fingerprint density at radius 3 is 2.39 bits per heavy atom. The monoisotopic (exact) mass is 250 g/mol. The van der Waals surface area contributed by atoms with Gasteiger partial charge in [0.1, 0.15) is 0 Å². The number of rotatable bonds is 5. The Hall–Kier alpha value is -1.88. The molecule has 0 aliphatic rings. The number of carbonyl (C=O) groups excluding carboxylic acids is 2. The maximum atomic E-state index is 11.8. The normalized spacial score (nSPS) is 9.94. The molecule has 0 fully saturated rings.